The molecule has 0 radical (unpaired) electrons. The fourth-order valence-electron chi connectivity index (χ4n) is 6.18. The van der Waals surface area contributed by atoms with Crippen molar-refractivity contribution in [2.24, 2.45) is 17.3 Å². The minimum Gasteiger partial charge on any atom is -0.490 e. The summed E-state index contributed by atoms with van der Waals surface area (Å²) < 4.78 is 5.83. The molecule has 23 heavy (non-hydrogen) atoms. The van der Waals surface area contributed by atoms with Gasteiger partial charge in [0.15, 0.2) is 0 Å². The van der Waals surface area contributed by atoms with Crippen molar-refractivity contribution in [3.05, 3.63) is 23.3 Å². The standard InChI is InChI=1S/C20H27NO2/c1-20-7-6-13-14(16(20)4-5-19(20)22)3-2-12-10-18-17(11-15(12)13)21-8-9-23-18/h10-11,13-14,16,19,21-22H,2-9H2,1H3/t13-,14+,16-,19-,20-/m0/s1. The lowest BCUT2D eigenvalue weighted by Crippen LogP contribution is -2.44. The maximum atomic E-state index is 10.5. The number of hydrogen-bond donors (Lipinski definition) is 2. The molecule has 2 fully saturated rings. The van der Waals surface area contributed by atoms with Gasteiger partial charge >= 0.3 is 0 Å². The van der Waals surface area contributed by atoms with Crippen LogP contribution in [-0.4, -0.2) is 24.4 Å². The van der Waals surface area contributed by atoms with Crippen LogP contribution < -0.4 is 10.1 Å². The molecule has 3 heteroatoms. The van der Waals surface area contributed by atoms with E-state index < -0.39 is 0 Å². The Morgan fingerprint density at radius 1 is 1.22 bits per heavy atom. The molecule has 4 aliphatic rings. The molecule has 0 saturated heterocycles. The molecule has 0 amide bonds. The van der Waals surface area contributed by atoms with Crippen LogP contribution in [0.5, 0.6) is 5.75 Å². The van der Waals surface area contributed by atoms with Gasteiger partial charge in [0.05, 0.1) is 11.8 Å². The highest BCUT2D eigenvalue weighted by atomic mass is 16.5. The number of ether oxygens (including phenoxy) is 1. The molecular formula is C20H27NO2. The zero-order valence-electron chi connectivity index (χ0n) is 14.0. The summed E-state index contributed by atoms with van der Waals surface area (Å²) in [6.45, 7) is 4.03. The monoisotopic (exact) mass is 313 g/mol. The molecule has 0 spiro atoms. The molecule has 2 N–H and O–H groups in total. The fraction of sp³-hybridized carbons (Fsp3) is 0.700. The second-order valence-corrected chi connectivity index (χ2v) is 8.38. The number of anilines is 1. The highest BCUT2D eigenvalue weighted by molar-refractivity contribution is 5.62. The second-order valence-electron chi connectivity index (χ2n) is 8.38. The number of aliphatic hydroxyl groups is 1. The third-order valence-corrected chi connectivity index (χ3v) is 7.45. The molecule has 5 atom stereocenters. The van der Waals surface area contributed by atoms with E-state index in [4.69, 9.17) is 4.74 Å². The highest BCUT2D eigenvalue weighted by Gasteiger charge is 2.54. The smallest absolute Gasteiger partial charge is 0.142 e. The molecule has 1 heterocycles. The predicted octanol–water partition coefficient (Wildman–Crippen LogP) is 3.71. The lowest BCUT2D eigenvalue weighted by molar-refractivity contribution is -0.0226. The first kappa shape index (κ1) is 14.2. The summed E-state index contributed by atoms with van der Waals surface area (Å²) in [5.74, 6) is 3.21. The van der Waals surface area contributed by atoms with Crippen LogP contribution >= 0.6 is 0 Å². The van der Waals surface area contributed by atoms with Crippen molar-refractivity contribution in [1.29, 1.82) is 0 Å². The summed E-state index contributed by atoms with van der Waals surface area (Å²) in [7, 11) is 0. The van der Waals surface area contributed by atoms with Crippen LogP contribution in [0.1, 0.15) is 56.1 Å². The van der Waals surface area contributed by atoms with Crippen LogP contribution in [0.4, 0.5) is 5.69 Å². The Kier molecular flexibility index (Phi) is 3.01. The molecule has 3 nitrogen and oxygen atoms in total. The van der Waals surface area contributed by atoms with Crippen LogP contribution in [0, 0.1) is 17.3 Å². The van der Waals surface area contributed by atoms with Gasteiger partial charge in [-0.1, -0.05) is 6.92 Å². The van der Waals surface area contributed by atoms with Crippen LogP contribution in [0.25, 0.3) is 0 Å². The molecule has 3 aliphatic carbocycles. The van der Waals surface area contributed by atoms with Gasteiger partial charge in [-0.15, -0.1) is 0 Å². The van der Waals surface area contributed by atoms with E-state index in [1.807, 2.05) is 0 Å². The van der Waals surface area contributed by atoms with Crippen molar-refractivity contribution in [3.8, 4) is 5.75 Å². The van der Waals surface area contributed by atoms with Gasteiger partial charge in [0.25, 0.3) is 0 Å². The van der Waals surface area contributed by atoms with Crippen molar-refractivity contribution in [2.75, 3.05) is 18.5 Å². The first-order valence-corrected chi connectivity index (χ1v) is 9.38. The zero-order chi connectivity index (χ0) is 15.6. The van der Waals surface area contributed by atoms with E-state index in [9.17, 15) is 5.11 Å². The van der Waals surface area contributed by atoms with E-state index in [-0.39, 0.29) is 11.5 Å². The lowest BCUT2D eigenvalue weighted by atomic mass is 9.55. The number of aliphatic hydroxyl groups excluding tert-OH is 1. The van der Waals surface area contributed by atoms with Gasteiger partial charge in [-0.3, -0.25) is 0 Å². The Bertz CT molecular complexity index is 643. The van der Waals surface area contributed by atoms with Crippen molar-refractivity contribution >= 4 is 5.69 Å². The summed E-state index contributed by atoms with van der Waals surface area (Å²) >= 11 is 0. The Morgan fingerprint density at radius 3 is 3.04 bits per heavy atom. The highest BCUT2D eigenvalue weighted by Crippen LogP contribution is 2.61. The zero-order valence-corrected chi connectivity index (χ0v) is 14.0. The largest absolute Gasteiger partial charge is 0.490 e. The third-order valence-electron chi connectivity index (χ3n) is 7.45. The van der Waals surface area contributed by atoms with Gasteiger partial charge in [0.1, 0.15) is 12.4 Å². The van der Waals surface area contributed by atoms with Gasteiger partial charge in [-0.25, -0.2) is 0 Å². The number of nitrogens with one attached hydrogen (secondary N) is 1. The summed E-state index contributed by atoms with van der Waals surface area (Å²) in [4.78, 5) is 0. The normalized spacial score (nSPS) is 41.0. The Hall–Kier alpha value is -1.22. The van der Waals surface area contributed by atoms with E-state index in [1.165, 1.54) is 43.4 Å². The van der Waals surface area contributed by atoms with Gasteiger partial charge in [0.2, 0.25) is 0 Å². The molecule has 124 valence electrons. The molecule has 1 aliphatic heterocycles. The Balaban J connectivity index is 1.53. The van der Waals surface area contributed by atoms with E-state index in [0.717, 1.165) is 31.2 Å². The number of aryl methyl sites for hydroxylation is 1. The molecule has 1 aromatic carbocycles. The van der Waals surface area contributed by atoms with Crippen LogP contribution in [-0.2, 0) is 6.42 Å². The first-order chi connectivity index (χ1) is 11.2. The molecule has 0 unspecified atom stereocenters. The fourth-order valence-corrected chi connectivity index (χ4v) is 6.18. The van der Waals surface area contributed by atoms with Gasteiger partial charge in [-0.05, 0) is 85.0 Å². The third kappa shape index (κ3) is 1.92. The first-order valence-electron chi connectivity index (χ1n) is 9.38. The number of hydrogen-bond acceptors (Lipinski definition) is 3. The minimum atomic E-state index is -0.0755. The second kappa shape index (κ2) is 4.89. The van der Waals surface area contributed by atoms with Crippen molar-refractivity contribution < 1.29 is 9.84 Å². The van der Waals surface area contributed by atoms with Crippen LogP contribution in [0.15, 0.2) is 12.1 Å². The van der Waals surface area contributed by atoms with E-state index in [0.29, 0.717) is 11.8 Å². The van der Waals surface area contributed by atoms with E-state index >= 15 is 0 Å². The topological polar surface area (TPSA) is 41.5 Å². The molecule has 5 rings (SSSR count). The van der Waals surface area contributed by atoms with Crippen molar-refractivity contribution in [3.63, 3.8) is 0 Å². The van der Waals surface area contributed by atoms with E-state index in [1.54, 1.807) is 5.56 Å². The molecule has 0 aromatic heterocycles. The molecular weight excluding hydrogens is 286 g/mol. The average molecular weight is 313 g/mol. The SMILES string of the molecule is C[C@]12CC[C@@H]3c4cc5c(cc4CC[C@H]3[C@@H]1CC[C@@H]2O)OCCN5. The van der Waals surface area contributed by atoms with Crippen LogP contribution in [0.2, 0.25) is 0 Å². The Labute approximate surface area is 138 Å². The maximum Gasteiger partial charge on any atom is 0.142 e. The lowest BCUT2D eigenvalue weighted by Gasteiger charge is -2.50. The maximum absolute atomic E-state index is 10.5. The van der Waals surface area contributed by atoms with Gasteiger partial charge in [-0.2, -0.15) is 0 Å². The number of benzene rings is 1. The molecule has 1 aromatic rings. The van der Waals surface area contributed by atoms with Crippen molar-refractivity contribution in [2.45, 2.75) is 57.5 Å². The quantitative estimate of drug-likeness (QED) is 0.767. The number of rotatable bonds is 0. The van der Waals surface area contributed by atoms with Gasteiger partial charge in [0, 0.05) is 6.54 Å². The minimum absolute atomic E-state index is 0.0755. The van der Waals surface area contributed by atoms with E-state index in [2.05, 4.69) is 24.4 Å². The summed E-state index contributed by atoms with van der Waals surface area (Å²) in [5.41, 5.74) is 4.45. The van der Waals surface area contributed by atoms with Crippen molar-refractivity contribution in [1.82, 2.24) is 0 Å². The molecule has 2 saturated carbocycles. The predicted molar refractivity (Wildman–Crippen MR) is 91.1 cm³/mol. The summed E-state index contributed by atoms with van der Waals surface area (Å²) in [6, 6.07) is 4.68. The summed E-state index contributed by atoms with van der Waals surface area (Å²) in [6.07, 6.45) is 7.04. The number of fused-ring (bicyclic) bond motifs is 6. The average Bonchev–Trinajstić information content (AvgIpc) is 2.88. The summed E-state index contributed by atoms with van der Waals surface area (Å²) in [5, 5.41) is 14.0. The van der Waals surface area contributed by atoms with Gasteiger partial charge < -0.3 is 15.2 Å². The van der Waals surface area contributed by atoms with Crippen LogP contribution in [0.3, 0.4) is 0 Å². The molecule has 0 bridgehead atoms. The Morgan fingerprint density at radius 2 is 2.13 bits per heavy atom.